The summed E-state index contributed by atoms with van der Waals surface area (Å²) >= 11 is -1.64. The quantitative estimate of drug-likeness (QED) is 0.109. The molecular weight excluding hydrogens is 653 g/mol. The van der Waals surface area contributed by atoms with Gasteiger partial charge < -0.3 is 0 Å². The van der Waals surface area contributed by atoms with Gasteiger partial charge in [0.15, 0.2) is 0 Å². The van der Waals surface area contributed by atoms with Crippen molar-refractivity contribution >= 4 is 54.0 Å². The van der Waals surface area contributed by atoms with Crippen LogP contribution in [-0.2, 0) is 10.3 Å². The van der Waals surface area contributed by atoms with Crippen LogP contribution >= 0.6 is 19.8 Å². The Morgan fingerprint density at radius 3 is 2.70 bits per heavy atom. The van der Waals surface area contributed by atoms with E-state index in [1.54, 1.807) is 13.3 Å². The van der Waals surface area contributed by atoms with E-state index in [4.69, 9.17) is 9.72 Å². The Labute approximate surface area is 259 Å². The standard InChI is InChI=1S/C33H36IN7O2/c1-6-30(42)37-26-14-27(29(43-5)13-25(26)34(2)11-12-40(3)4)38-32-36-19-22(18-35)31(39-32)24-20-41(33-15-21(16-33)17-33)28-10-8-7-9-23(24)28/h6-10,13-14,19-21H,1,11-12,15-17H2,2-5H3,(H,37,42)(H,36,38,39). The van der Waals surface area contributed by atoms with Crippen molar-refractivity contribution in [2.45, 2.75) is 24.8 Å². The third kappa shape index (κ3) is 5.36. The van der Waals surface area contributed by atoms with Crippen molar-refractivity contribution in [2.75, 3.05) is 47.7 Å². The number of methoxy groups -OCH3 is 1. The van der Waals surface area contributed by atoms with Crippen LogP contribution in [0.1, 0.15) is 24.8 Å². The number of amides is 1. The van der Waals surface area contributed by atoms with E-state index in [0.29, 0.717) is 28.6 Å². The van der Waals surface area contributed by atoms with Gasteiger partial charge in [-0.25, -0.2) is 0 Å². The van der Waals surface area contributed by atoms with Gasteiger partial charge in [-0.15, -0.1) is 0 Å². The van der Waals surface area contributed by atoms with Gasteiger partial charge in [-0.05, 0) is 25.2 Å². The summed E-state index contributed by atoms with van der Waals surface area (Å²) in [6.07, 6.45) is 8.65. The second kappa shape index (κ2) is 11.6. The van der Waals surface area contributed by atoms with Crippen molar-refractivity contribution in [1.29, 1.82) is 5.26 Å². The third-order valence-electron chi connectivity index (χ3n) is 8.53. The maximum atomic E-state index is 12.4. The molecule has 1 amide bonds. The fourth-order valence-corrected chi connectivity index (χ4v) is 10.5. The van der Waals surface area contributed by atoms with E-state index in [0.717, 1.165) is 37.1 Å². The molecule has 0 spiro atoms. The van der Waals surface area contributed by atoms with E-state index in [1.165, 1.54) is 30.9 Å². The number of anilines is 3. The molecule has 2 aromatic carbocycles. The Kier molecular flexibility index (Phi) is 7.87. The first-order valence-corrected chi connectivity index (χ1v) is 19.0. The van der Waals surface area contributed by atoms with Crippen LogP contribution in [0.4, 0.5) is 17.3 Å². The number of halogens is 1. The molecule has 0 atom stereocenters. The van der Waals surface area contributed by atoms with E-state index in [2.05, 4.69) is 81.2 Å². The van der Waals surface area contributed by atoms with Crippen LogP contribution in [0.25, 0.3) is 22.2 Å². The fourth-order valence-electron chi connectivity index (χ4n) is 6.10. The molecule has 3 saturated carbocycles. The predicted octanol–water partition coefficient (Wildman–Crippen LogP) is 6.22. The van der Waals surface area contributed by atoms with Crippen molar-refractivity contribution in [2.24, 2.45) is 5.92 Å². The molecule has 0 saturated heterocycles. The average Bonchev–Trinajstić information content (AvgIpc) is 3.33. The number of ether oxygens (including phenoxy) is 1. The first-order valence-electron chi connectivity index (χ1n) is 14.3. The van der Waals surface area contributed by atoms with Crippen molar-refractivity contribution in [3.8, 4) is 23.1 Å². The van der Waals surface area contributed by atoms with Gasteiger partial charge in [0.25, 0.3) is 0 Å². The molecule has 0 unspecified atom stereocenters. The number of hydrogen-bond acceptors (Lipinski definition) is 7. The van der Waals surface area contributed by atoms with Gasteiger partial charge >= 0.3 is 229 Å². The van der Waals surface area contributed by atoms with Gasteiger partial charge in [0.05, 0.1) is 0 Å². The first kappa shape index (κ1) is 29.1. The number of aromatic nitrogens is 3. The fraction of sp³-hybridized carbons (Fsp3) is 0.333. The normalized spacial score (nSPS) is 18.8. The minimum atomic E-state index is -1.64. The van der Waals surface area contributed by atoms with Crippen LogP contribution in [0, 0.1) is 20.8 Å². The summed E-state index contributed by atoms with van der Waals surface area (Å²) in [5.41, 5.74) is 4.63. The Bertz CT molecular complexity index is 1760. The molecule has 3 fully saturated rings. The number of rotatable bonds is 11. The van der Waals surface area contributed by atoms with Gasteiger partial charge in [-0.2, -0.15) is 0 Å². The second-order valence-corrected chi connectivity index (χ2v) is 17.2. The minimum absolute atomic E-state index is 0.193. The number of carbonyl (C=O) groups is 1. The van der Waals surface area contributed by atoms with Crippen molar-refractivity contribution < 1.29 is 9.53 Å². The van der Waals surface area contributed by atoms with E-state index in [1.807, 2.05) is 18.2 Å². The Morgan fingerprint density at radius 1 is 1.28 bits per heavy atom. The summed E-state index contributed by atoms with van der Waals surface area (Å²) in [4.78, 5) is 26.2. The zero-order chi connectivity index (χ0) is 30.3. The van der Waals surface area contributed by atoms with Crippen molar-refractivity contribution in [3.05, 3.63) is 70.6 Å². The first-order chi connectivity index (χ1) is 20.7. The maximum absolute atomic E-state index is 12.4. The number of benzene rings is 2. The van der Waals surface area contributed by atoms with Crippen LogP contribution in [-0.4, -0.2) is 62.5 Å². The van der Waals surface area contributed by atoms with Crippen molar-refractivity contribution in [3.63, 3.8) is 0 Å². The Hall–Kier alpha value is -3.95. The molecule has 0 aliphatic heterocycles. The van der Waals surface area contributed by atoms with Gasteiger partial charge in [0, 0.05) is 0 Å². The molecule has 0 radical (unpaired) electrons. The molecule has 2 aromatic heterocycles. The molecule has 9 nitrogen and oxygen atoms in total. The van der Waals surface area contributed by atoms with E-state index in [9.17, 15) is 10.1 Å². The summed E-state index contributed by atoms with van der Waals surface area (Å²) in [5, 5.41) is 17.4. The predicted molar refractivity (Wildman–Crippen MR) is 180 cm³/mol. The number of alkyl halides is 2. The Morgan fingerprint density at radius 2 is 2.05 bits per heavy atom. The number of nitrogens with one attached hydrogen (secondary N) is 2. The summed E-state index contributed by atoms with van der Waals surface area (Å²) < 4.78 is 10.4. The Balaban J connectivity index is 1.39. The average molecular weight is 690 g/mol. The summed E-state index contributed by atoms with van der Waals surface area (Å²) in [7, 11) is 5.76. The SMILES string of the molecule is C=CC(=O)Nc1cc(Nc2ncc(C#N)c(-c3cn(C45CC(C4)C5)c4ccccc34)n2)c(OC)cc1I(C)CCN(C)C. The molecule has 10 heteroatoms. The van der Waals surface area contributed by atoms with Crippen molar-refractivity contribution in [1.82, 2.24) is 19.4 Å². The third-order valence-corrected chi connectivity index (χ3v) is 13.5. The van der Waals surface area contributed by atoms with Crippen LogP contribution < -0.4 is 15.4 Å². The van der Waals surface area contributed by atoms with Crippen LogP contribution in [0.3, 0.4) is 0 Å². The molecular formula is C33H36IN7O2. The summed E-state index contributed by atoms with van der Waals surface area (Å²) in [6, 6.07) is 14.5. The molecule has 2 heterocycles. The number of nitriles is 1. The van der Waals surface area contributed by atoms with Gasteiger partial charge in [0.1, 0.15) is 0 Å². The van der Waals surface area contributed by atoms with E-state index >= 15 is 0 Å². The molecule has 3 aliphatic carbocycles. The van der Waals surface area contributed by atoms with Gasteiger partial charge in [-0.1, -0.05) is 6.07 Å². The second-order valence-electron chi connectivity index (χ2n) is 11.6. The molecule has 3 aliphatic rings. The topological polar surface area (TPSA) is 108 Å². The molecule has 222 valence electrons. The molecule has 2 bridgehead atoms. The monoisotopic (exact) mass is 689 g/mol. The summed E-state index contributed by atoms with van der Waals surface area (Å²) in [5.74, 6) is 1.54. The van der Waals surface area contributed by atoms with E-state index in [-0.39, 0.29) is 11.4 Å². The van der Waals surface area contributed by atoms with Gasteiger partial charge in [-0.3, -0.25) is 0 Å². The molecule has 7 rings (SSSR count). The van der Waals surface area contributed by atoms with Crippen LogP contribution in [0.2, 0.25) is 0 Å². The number of nitrogens with zero attached hydrogens (tertiary/aromatic N) is 5. The van der Waals surface area contributed by atoms with Crippen LogP contribution in [0.15, 0.2) is 61.4 Å². The molecule has 4 aromatic rings. The number of fused-ring (bicyclic) bond motifs is 1. The van der Waals surface area contributed by atoms with E-state index < -0.39 is 19.8 Å². The van der Waals surface area contributed by atoms with Crippen LogP contribution in [0.5, 0.6) is 5.75 Å². The number of carbonyl (C=O) groups excluding carboxylic acids is 1. The van der Waals surface area contributed by atoms with Gasteiger partial charge in [0.2, 0.25) is 0 Å². The molecule has 2 N–H and O–H groups in total. The molecule has 43 heavy (non-hydrogen) atoms. The number of para-hydroxylation sites is 1. The zero-order valence-corrected chi connectivity index (χ0v) is 27.1. The number of hydrogen-bond donors (Lipinski definition) is 2. The zero-order valence-electron chi connectivity index (χ0n) is 24.9. The summed E-state index contributed by atoms with van der Waals surface area (Å²) in [6.45, 7) is 4.60.